The van der Waals surface area contributed by atoms with Gasteiger partial charge in [-0.15, -0.1) is 3.89 Å². The maximum absolute atomic E-state index is 13.1. The third kappa shape index (κ3) is 7.36. The van der Waals surface area contributed by atoms with Gasteiger partial charge >= 0.3 is 10.2 Å². The van der Waals surface area contributed by atoms with Crippen LogP contribution in [0.15, 0.2) is 88.2 Å². The summed E-state index contributed by atoms with van der Waals surface area (Å²) in [4.78, 5) is 39.4. The fourth-order valence-electron chi connectivity index (χ4n) is 5.28. The van der Waals surface area contributed by atoms with Crippen molar-refractivity contribution in [1.29, 1.82) is 0 Å². The minimum Gasteiger partial charge on any atom is -0.545 e. The molecule has 0 atom stereocenters. The number of halogens is 1. The highest BCUT2D eigenvalue weighted by molar-refractivity contribution is 7.86. The monoisotopic (exact) mass is 672 g/mol. The molecule has 1 heterocycles. The Kier molecular flexibility index (Phi) is 9.62. The van der Waals surface area contributed by atoms with Crippen LogP contribution in [-0.4, -0.2) is 67.5 Å². The second kappa shape index (κ2) is 13.7. The number of carbonyl (C=O) groups excluding carboxylic acids is 3. The number of carboxylic acid groups (broad SMARTS) is 1. The van der Waals surface area contributed by atoms with Gasteiger partial charge in [0.25, 0.3) is 5.91 Å². The molecular formula is C35H33FN4O7S. The summed E-state index contributed by atoms with van der Waals surface area (Å²) in [6, 6.07) is 20.7. The van der Waals surface area contributed by atoms with Gasteiger partial charge in [0.1, 0.15) is 25.4 Å². The quantitative estimate of drug-likeness (QED) is 0.130. The van der Waals surface area contributed by atoms with Crippen molar-refractivity contribution in [2.24, 2.45) is 0 Å². The first-order valence-corrected chi connectivity index (χ1v) is 16.2. The highest BCUT2D eigenvalue weighted by atomic mass is 32.3. The van der Waals surface area contributed by atoms with Crippen LogP contribution in [0.1, 0.15) is 26.3 Å². The maximum atomic E-state index is 13.1. The number of fused-ring (bicyclic) bond motifs is 2. The van der Waals surface area contributed by atoms with E-state index >= 15 is 0 Å². The van der Waals surface area contributed by atoms with Crippen LogP contribution in [0, 0.1) is 0 Å². The van der Waals surface area contributed by atoms with Crippen molar-refractivity contribution in [2.45, 2.75) is 11.3 Å². The van der Waals surface area contributed by atoms with Crippen molar-refractivity contribution in [2.75, 3.05) is 46.2 Å². The molecule has 0 aromatic heterocycles. The molecule has 13 heteroatoms. The van der Waals surface area contributed by atoms with E-state index in [0.717, 1.165) is 23.2 Å². The zero-order valence-corrected chi connectivity index (χ0v) is 27.5. The van der Waals surface area contributed by atoms with E-state index in [4.69, 9.17) is 4.42 Å². The van der Waals surface area contributed by atoms with Gasteiger partial charge in [0.2, 0.25) is 11.3 Å². The Morgan fingerprint density at radius 3 is 2.25 bits per heavy atom. The van der Waals surface area contributed by atoms with Crippen LogP contribution in [0.2, 0.25) is 0 Å². The third-order valence-electron chi connectivity index (χ3n) is 7.84. The Labute approximate surface area is 276 Å². The molecule has 0 spiro atoms. The summed E-state index contributed by atoms with van der Waals surface area (Å²) in [6.45, 7) is -0.199. The Bertz CT molecular complexity index is 2210. The molecule has 0 saturated carbocycles. The number of anilines is 1. The van der Waals surface area contributed by atoms with Gasteiger partial charge in [0, 0.05) is 66.1 Å². The Morgan fingerprint density at radius 1 is 0.896 bits per heavy atom. The molecule has 0 radical (unpaired) electrons. The normalized spacial score (nSPS) is 11.4. The minimum atomic E-state index is -4.79. The lowest BCUT2D eigenvalue weighted by atomic mass is 9.89. The van der Waals surface area contributed by atoms with Crippen molar-refractivity contribution < 1.29 is 36.2 Å². The molecule has 2 amide bonds. The van der Waals surface area contributed by atoms with Gasteiger partial charge in [-0.3, -0.25) is 9.59 Å². The molecule has 248 valence electrons. The van der Waals surface area contributed by atoms with Gasteiger partial charge in [-0.1, -0.05) is 18.2 Å². The number of hydrogen-bond donors (Lipinski definition) is 2. The van der Waals surface area contributed by atoms with E-state index in [0.29, 0.717) is 45.4 Å². The number of rotatable bonds is 10. The van der Waals surface area contributed by atoms with E-state index < -0.39 is 32.9 Å². The zero-order valence-electron chi connectivity index (χ0n) is 26.7. The maximum Gasteiger partial charge on any atom is 0.332 e. The largest absolute Gasteiger partial charge is 0.545 e. The van der Waals surface area contributed by atoms with Crippen LogP contribution in [0.3, 0.4) is 0 Å². The highest BCUT2D eigenvalue weighted by Gasteiger charge is 2.22. The minimum absolute atomic E-state index is 0.0210. The molecule has 5 rings (SSSR count). The zero-order chi connectivity index (χ0) is 34.7. The summed E-state index contributed by atoms with van der Waals surface area (Å²) < 4.78 is 43.3. The Hall–Kier alpha value is -5.56. The second-order valence-electron chi connectivity index (χ2n) is 11.5. The van der Waals surface area contributed by atoms with Crippen LogP contribution in [-0.2, 0) is 21.4 Å². The fraction of sp³-hybridized carbons (Fsp3) is 0.200. The molecule has 1 aliphatic carbocycles. The number of nitrogens with one attached hydrogen (secondary N) is 2. The Morgan fingerprint density at radius 2 is 1.60 bits per heavy atom. The van der Waals surface area contributed by atoms with Crippen molar-refractivity contribution in [3.8, 4) is 22.5 Å². The average molecular weight is 673 g/mol. The smallest absolute Gasteiger partial charge is 0.332 e. The molecule has 48 heavy (non-hydrogen) atoms. The SMILES string of the molecule is CN(C)c1ccc2c(-c3ccc(C(=O)NCC(=O)NCCc4ccc(S(=O)(=O)F)cc4)cc3C(=O)[O-])c3ccc(=[N+](C)C)cc-3oc2c1. The lowest BCUT2D eigenvalue weighted by Crippen LogP contribution is -2.37. The first-order valence-electron chi connectivity index (χ1n) is 14.9. The predicted octanol–water partition coefficient (Wildman–Crippen LogP) is 2.41. The molecule has 0 unspecified atom stereocenters. The summed E-state index contributed by atoms with van der Waals surface area (Å²) in [6.07, 6.45) is 0.339. The van der Waals surface area contributed by atoms with Gasteiger partial charge in [0.05, 0.1) is 23.5 Å². The number of benzene rings is 4. The van der Waals surface area contributed by atoms with Gasteiger partial charge in [-0.25, -0.2) is 4.58 Å². The molecule has 3 aromatic carbocycles. The lowest BCUT2D eigenvalue weighted by molar-refractivity contribution is -0.254. The summed E-state index contributed by atoms with van der Waals surface area (Å²) in [7, 11) is 2.83. The van der Waals surface area contributed by atoms with Crippen LogP contribution >= 0.6 is 0 Å². The first-order chi connectivity index (χ1) is 22.7. The highest BCUT2D eigenvalue weighted by Crippen LogP contribution is 2.42. The molecule has 0 bridgehead atoms. The molecule has 3 aromatic rings. The van der Waals surface area contributed by atoms with Gasteiger partial charge in [-0.05, 0) is 60.0 Å². The van der Waals surface area contributed by atoms with Crippen molar-refractivity contribution >= 4 is 44.7 Å². The van der Waals surface area contributed by atoms with Crippen LogP contribution < -0.4 is 30.6 Å². The number of amides is 2. The van der Waals surface area contributed by atoms with E-state index in [9.17, 15) is 31.8 Å². The standard InChI is InChI=1S/C35H33FN4O7S/c1-39(2)23-8-13-27-30(18-23)47-31-19-24(40(3)4)9-14-28(31)33(27)26-12-7-22(17-29(26)35(43)44)34(42)38-20-32(41)37-16-15-21-5-10-25(11-6-21)48(36,45)46/h5-14,17-19H,15-16,20H2,1-4H3,(H2-,37,38,41,42,43,44). The summed E-state index contributed by atoms with van der Waals surface area (Å²) in [5.74, 6) is -2.10. The van der Waals surface area contributed by atoms with Gasteiger partial charge in [0.15, 0.2) is 0 Å². The first kappa shape index (κ1) is 33.8. The van der Waals surface area contributed by atoms with E-state index in [1.807, 2.05) is 74.1 Å². The van der Waals surface area contributed by atoms with Crippen LogP contribution in [0.5, 0.6) is 0 Å². The van der Waals surface area contributed by atoms with Crippen molar-refractivity contribution in [3.05, 3.63) is 101 Å². The van der Waals surface area contributed by atoms with Gasteiger partial charge < -0.3 is 29.9 Å². The predicted molar refractivity (Wildman–Crippen MR) is 178 cm³/mol. The number of hydrogen-bond acceptors (Lipinski definition) is 8. The number of nitrogens with zero attached hydrogens (tertiary/aromatic N) is 2. The fourth-order valence-corrected chi connectivity index (χ4v) is 5.74. The van der Waals surface area contributed by atoms with Crippen molar-refractivity contribution in [1.82, 2.24) is 15.2 Å². The second-order valence-corrected chi connectivity index (χ2v) is 12.9. The van der Waals surface area contributed by atoms with E-state index in [1.165, 1.54) is 24.3 Å². The number of carboxylic acids is 1. The lowest BCUT2D eigenvalue weighted by Gasteiger charge is -2.20. The molecule has 0 fully saturated rings. The summed E-state index contributed by atoms with van der Waals surface area (Å²) >= 11 is 0. The molecule has 1 aliphatic heterocycles. The molecule has 2 aliphatic rings. The molecule has 2 N–H and O–H groups in total. The van der Waals surface area contributed by atoms with E-state index in [2.05, 4.69) is 10.6 Å². The molecule has 0 saturated heterocycles. The number of carbonyl (C=O) groups is 3. The Balaban J connectivity index is 1.38. The van der Waals surface area contributed by atoms with Crippen molar-refractivity contribution in [3.63, 3.8) is 0 Å². The van der Waals surface area contributed by atoms with E-state index in [1.54, 1.807) is 6.07 Å². The number of aromatic carboxylic acids is 1. The summed E-state index contributed by atoms with van der Waals surface area (Å²) in [5.41, 5.74) is 3.53. The van der Waals surface area contributed by atoms with Crippen LogP contribution in [0.25, 0.3) is 33.4 Å². The molecular weight excluding hydrogens is 639 g/mol. The third-order valence-corrected chi connectivity index (χ3v) is 8.68. The van der Waals surface area contributed by atoms with Gasteiger partial charge in [-0.2, -0.15) is 8.42 Å². The van der Waals surface area contributed by atoms with Crippen LogP contribution in [0.4, 0.5) is 9.57 Å². The molecule has 11 nitrogen and oxygen atoms in total. The average Bonchev–Trinajstić information content (AvgIpc) is 3.05. The summed E-state index contributed by atoms with van der Waals surface area (Å²) in [5, 5.41) is 19.2. The van der Waals surface area contributed by atoms with E-state index in [-0.39, 0.29) is 24.2 Å². The topological polar surface area (TPSA) is 152 Å².